The molecule has 0 spiro atoms. The lowest BCUT2D eigenvalue weighted by Gasteiger charge is -2.15. The molecule has 0 aromatic heterocycles. The third-order valence-electron chi connectivity index (χ3n) is 1.97. The second kappa shape index (κ2) is 5.00. The van der Waals surface area contributed by atoms with Crippen LogP contribution in [-0.4, -0.2) is 31.5 Å². The zero-order chi connectivity index (χ0) is 12.2. The number of alkyl halides is 3. The van der Waals surface area contributed by atoms with Crippen molar-refractivity contribution >= 4 is 6.29 Å². The molecule has 0 amide bonds. The van der Waals surface area contributed by atoms with Crippen molar-refractivity contribution in [2.45, 2.75) is 20.0 Å². The molecule has 0 aromatic rings. The molecule has 0 aromatic carbocycles. The maximum Gasteiger partial charge on any atom is 0.416 e. The van der Waals surface area contributed by atoms with E-state index in [1.54, 1.807) is 25.9 Å². The predicted octanol–water partition coefficient (Wildman–Crippen LogP) is 2.53. The molecular formula is C10H14F3NO. The van der Waals surface area contributed by atoms with Gasteiger partial charge < -0.3 is 4.90 Å². The summed E-state index contributed by atoms with van der Waals surface area (Å²) in [5.41, 5.74) is -0.782. The van der Waals surface area contributed by atoms with Crippen molar-refractivity contribution in [3.05, 3.63) is 22.9 Å². The van der Waals surface area contributed by atoms with Crippen LogP contribution >= 0.6 is 0 Å². The van der Waals surface area contributed by atoms with Crippen LogP contribution in [0.15, 0.2) is 22.9 Å². The molecule has 0 fully saturated rings. The molecule has 0 radical (unpaired) electrons. The van der Waals surface area contributed by atoms with Gasteiger partial charge in [-0.05, 0) is 19.9 Å². The van der Waals surface area contributed by atoms with Crippen LogP contribution in [-0.2, 0) is 4.79 Å². The van der Waals surface area contributed by atoms with E-state index in [9.17, 15) is 18.0 Å². The first-order valence-electron chi connectivity index (χ1n) is 4.29. The van der Waals surface area contributed by atoms with E-state index in [-0.39, 0.29) is 11.9 Å². The topological polar surface area (TPSA) is 20.3 Å². The second-order valence-electron chi connectivity index (χ2n) is 3.39. The van der Waals surface area contributed by atoms with E-state index in [0.29, 0.717) is 5.70 Å². The van der Waals surface area contributed by atoms with Crippen molar-refractivity contribution in [2.75, 3.05) is 14.1 Å². The van der Waals surface area contributed by atoms with Gasteiger partial charge in [0.25, 0.3) is 0 Å². The zero-order valence-electron chi connectivity index (χ0n) is 9.14. The Bertz CT molecular complexity index is 300. The molecule has 0 rings (SSSR count). The van der Waals surface area contributed by atoms with Gasteiger partial charge >= 0.3 is 6.18 Å². The Labute approximate surface area is 87.1 Å². The fraction of sp³-hybridized carbons (Fsp3) is 0.500. The standard InChI is InChI=1S/C10H14F3NO/c1-7(6-15)9(10(11,12)13)5-8(2)14(3)4/h5-6H,1-4H3/b8-5-,9-7+. The molecule has 86 valence electrons. The largest absolute Gasteiger partial charge is 0.416 e. The van der Waals surface area contributed by atoms with Crippen molar-refractivity contribution in [3.8, 4) is 0 Å². The highest BCUT2D eigenvalue weighted by molar-refractivity contribution is 5.75. The summed E-state index contributed by atoms with van der Waals surface area (Å²) in [7, 11) is 3.27. The van der Waals surface area contributed by atoms with Gasteiger partial charge in [0, 0.05) is 25.4 Å². The summed E-state index contributed by atoms with van der Waals surface area (Å²) in [5.74, 6) is 0. The first kappa shape index (κ1) is 13.7. The molecule has 0 atom stereocenters. The Kier molecular flexibility index (Phi) is 4.58. The van der Waals surface area contributed by atoms with Crippen LogP contribution in [0.25, 0.3) is 0 Å². The number of aldehydes is 1. The van der Waals surface area contributed by atoms with E-state index in [0.717, 1.165) is 13.0 Å². The number of hydrogen-bond donors (Lipinski definition) is 0. The fourth-order valence-corrected chi connectivity index (χ4v) is 0.821. The monoisotopic (exact) mass is 221 g/mol. The summed E-state index contributed by atoms with van der Waals surface area (Å²) in [6, 6.07) is 0. The number of carbonyl (C=O) groups is 1. The molecule has 0 saturated carbocycles. The minimum absolute atomic E-state index is 0.211. The van der Waals surface area contributed by atoms with Gasteiger partial charge in [-0.25, -0.2) is 0 Å². The summed E-state index contributed by atoms with van der Waals surface area (Å²) >= 11 is 0. The van der Waals surface area contributed by atoms with E-state index in [1.165, 1.54) is 0 Å². The minimum atomic E-state index is -4.50. The van der Waals surface area contributed by atoms with E-state index in [2.05, 4.69) is 0 Å². The lowest BCUT2D eigenvalue weighted by Crippen LogP contribution is -2.16. The van der Waals surface area contributed by atoms with Crippen LogP contribution in [0, 0.1) is 0 Å². The number of carbonyl (C=O) groups excluding carboxylic acids is 1. The van der Waals surface area contributed by atoms with Crippen LogP contribution in [0.4, 0.5) is 13.2 Å². The van der Waals surface area contributed by atoms with Crippen LogP contribution in [0.2, 0.25) is 0 Å². The van der Waals surface area contributed by atoms with E-state index in [1.807, 2.05) is 0 Å². The lowest BCUT2D eigenvalue weighted by atomic mass is 10.1. The SMILES string of the molecule is C/C(=C/C(=C(/C)C=O)C(F)(F)F)N(C)C. The molecular weight excluding hydrogens is 207 g/mol. The summed E-state index contributed by atoms with van der Waals surface area (Å²) in [6.07, 6.45) is -3.33. The van der Waals surface area contributed by atoms with Crippen LogP contribution in [0.1, 0.15) is 13.8 Å². The van der Waals surface area contributed by atoms with Crippen LogP contribution < -0.4 is 0 Å². The summed E-state index contributed by atoms with van der Waals surface area (Å²) in [5, 5.41) is 0. The average molecular weight is 221 g/mol. The van der Waals surface area contributed by atoms with Gasteiger partial charge in [-0.3, -0.25) is 4.79 Å². The molecule has 0 bridgehead atoms. The van der Waals surface area contributed by atoms with Crippen molar-refractivity contribution < 1.29 is 18.0 Å². The maximum absolute atomic E-state index is 12.5. The average Bonchev–Trinajstić information content (AvgIpc) is 2.10. The number of rotatable bonds is 3. The molecule has 0 aliphatic carbocycles. The highest BCUT2D eigenvalue weighted by Crippen LogP contribution is 2.29. The van der Waals surface area contributed by atoms with Gasteiger partial charge in [0.15, 0.2) is 0 Å². The number of hydrogen-bond acceptors (Lipinski definition) is 2. The first-order chi connectivity index (χ1) is 6.70. The van der Waals surface area contributed by atoms with Crippen LogP contribution in [0.3, 0.4) is 0 Å². The molecule has 5 heteroatoms. The number of allylic oxidation sites excluding steroid dienone is 4. The summed E-state index contributed by atoms with van der Waals surface area (Å²) in [6.45, 7) is 2.69. The smallest absolute Gasteiger partial charge is 0.381 e. The highest BCUT2D eigenvalue weighted by Gasteiger charge is 2.33. The predicted molar refractivity (Wildman–Crippen MR) is 52.3 cm³/mol. The van der Waals surface area contributed by atoms with E-state index in [4.69, 9.17) is 0 Å². The van der Waals surface area contributed by atoms with Gasteiger partial charge in [0.1, 0.15) is 6.29 Å². The highest BCUT2D eigenvalue weighted by atomic mass is 19.4. The minimum Gasteiger partial charge on any atom is -0.381 e. The van der Waals surface area contributed by atoms with E-state index < -0.39 is 11.7 Å². The van der Waals surface area contributed by atoms with E-state index >= 15 is 0 Å². The normalized spacial score (nSPS) is 14.7. The van der Waals surface area contributed by atoms with Gasteiger partial charge in [-0.15, -0.1) is 0 Å². The Morgan fingerprint density at radius 3 is 1.93 bits per heavy atom. The van der Waals surface area contributed by atoms with Gasteiger partial charge in [-0.2, -0.15) is 13.2 Å². The maximum atomic E-state index is 12.5. The van der Waals surface area contributed by atoms with Crippen molar-refractivity contribution in [1.29, 1.82) is 0 Å². The fourth-order valence-electron chi connectivity index (χ4n) is 0.821. The van der Waals surface area contributed by atoms with Crippen molar-refractivity contribution in [1.82, 2.24) is 4.90 Å². The lowest BCUT2D eigenvalue weighted by molar-refractivity contribution is -0.107. The summed E-state index contributed by atoms with van der Waals surface area (Å²) < 4.78 is 37.5. The quantitative estimate of drug-likeness (QED) is 0.414. The molecule has 0 aliphatic heterocycles. The Hall–Kier alpha value is -1.26. The Balaban J connectivity index is 5.37. The summed E-state index contributed by atoms with van der Waals surface area (Å²) in [4.78, 5) is 11.9. The molecule has 0 saturated heterocycles. The molecule has 15 heavy (non-hydrogen) atoms. The first-order valence-corrected chi connectivity index (χ1v) is 4.29. The second-order valence-corrected chi connectivity index (χ2v) is 3.39. The van der Waals surface area contributed by atoms with Crippen molar-refractivity contribution in [2.24, 2.45) is 0 Å². The molecule has 0 aliphatic rings. The zero-order valence-corrected chi connectivity index (χ0v) is 9.14. The van der Waals surface area contributed by atoms with Crippen LogP contribution in [0.5, 0.6) is 0 Å². The van der Waals surface area contributed by atoms with Gasteiger partial charge in [0.05, 0.1) is 5.57 Å². The molecule has 2 nitrogen and oxygen atoms in total. The third kappa shape index (κ3) is 4.18. The van der Waals surface area contributed by atoms with Gasteiger partial charge in [-0.1, -0.05) is 0 Å². The van der Waals surface area contributed by atoms with Gasteiger partial charge in [0.2, 0.25) is 0 Å². The molecule has 0 heterocycles. The molecule has 0 N–H and O–H groups in total. The Morgan fingerprint density at radius 2 is 1.67 bits per heavy atom. The van der Waals surface area contributed by atoms with Crippen molar-refractivity contribution in [3.63, 3.8) is 0 Å². The molecule has 0 unspecified atom stereocenters. The number of halogens is 3. The third-order valence-corrected chi connectivity index (χ3v) is 1.97. The Morgan fingerprint density at radius 1 is 1.20 bits per heavy atom. The number of nitrogens with zero attached hydrogens (tertiary/aromatic N) is 1.